The largest absolute Gasteiger partial charge is 0.338 e. The van der Waals surface area contributed by atoms with Gasteiger partial charge in [0.05, 0.1) is 0 Å². The first kappa shape index (κ1) is 15.8. The fourth-order valence-electron chi connectivity index (χ4n) is 2.18. The SMILES string of the molecule is Cl.O=C(NCCc1ccccc1)N[C@H]1CCCNC1. The van der Waals surface area contributed by atoms with Gasteiger partial charge in [-0.15, -0.1) is 12.4 Å². The monoisotopic (exact) mass is 283 g/mol. The third kappa shape index (κ3) is 5.94. The molecule has 1 saturated heterocycles. The predicted octanol–water partition coefficient (Wildman–Crippen LogP) is 1.70. The number of carbonyl (C=O) groups excluding carboxylic acids is 1. The fourth-order valence-corrected chi connectivity index (χ4v) is 2.18. The van der Waals surface area contributed by atoms with E-state index < -0.39 is 0 Å². The number of urea groups is 1. The lowest BCUT2D eigenvalue weighted by molar-refractivity contribution is 0.234. The average molecular weight is 284 g/mol. The van der Waals surface area contributed by atoms with Crippen LogP contribution in [0.4, 0.5) is 4.79 Å². The highest BCUT2D eigenvalue weighted by Crippen LogP contribution is 2.01. The molecule has 2 rings (SSSR count). The van der Waals surface area contributed by atoms with Gasteiger partial charge in [-0.2, -0.15) is 0 Å². The van der Waals surface area contributed by atoms with Crippen LogP contribution in [0.15, 0.2) is 30.3 Å². The molecule has 4 nitrogen and oxygen atoms in total. The lowest BCUT2D eigenvalue weighted by atomic mass is 10.1. The Labute approximate surface area is 120 Å². The summed E-state index contributed by atoms with van der Waals surface area (Å²) in [6.45, 7) is 2.62. The van der Waals surface area contributed by atoms with Crippen LogP contribution in [0.3, 0.4) is 0 Å². The van der Waals surface area contributed by atoms with Gasteiger partial charge in [0, 0.05) is 19.1 Å². The summed E-state index contributed by atoms with van der Waals surface area (Å²) in [4.78, 5) is 11.7. The second kappa shape index (κ2) is 8.77. The highest BCUT2D eigenvalue weighted by Gasteiger charge is 2.14. The van der Waals surface area contributed by atoms with Crippen LogP contribution in [-0.4, -0.2) is 31.7 Å². The minimum Gasteiger partial charge on any atom is -0.338 e. The van der Waals surface area contributed by atoms with Gasteiger partial charge in [0.2, 0.25) is 0 Å². The van der Waals surface area contributed by atoms with E-state index in [4.69, 9.17) is 0 Å². The van der Waals surface area contributed by atoms with Crippen molar-refractivity contribution in [2.75, 3.05) is 19.6 Å². The molecule has 1 aromatic rings. The van der Waals surface area contributed by atoms with E-state index in [1.54, 1.807) is 0 Å². The summed E-state index contributed by atoms with van der Waals surface area (Å²) in [6, 6.07) is 10.4. The van der Waals surface area contributed by atoms with Gasteiger partial charge >= 0.3 is 6.03 Å². The van der Waals surface area contributed by atoms with Crippen LogP contribution in [0, 0.1) is 0 Å². The maximum absolute atomic E-state index is 11.7. The molecular weight excluding hydrogens is 262 g/mol. The molecule has 1 aliphatic heterocycles. The van der Waals surface area contributed by atoms with Gasteiger partial charge in [-0.05, 0) is 31.4 Å². The third-order valence-corrected chi connectivity index (χ3v) is 3.17. The first-order valence-corrected chi connectivity index (χ1v) is 6.63. The van der Waals surface area contributed by atoms with Crippen LogP contribution in [-0.2, 0) is 6.42 Å². The molecule has 1 atom stereocenters. The molecule has 0 spiro atoms. The van der Waals surface area contributed by atoms with Crippen molar-refractivity contribution in [3.8, 4) is 0 Å². The van der Waals surface area contributed by atoms with Crippen LogP contribution in [0.1, 0.15) is 18.4 Å². The molecule has 1 aromatic carbocycles. The van der Waals surface area contributed by atoms with E-state index in [1.807, 2.05) is 18.2 Å². The lowest BCUT2D eigenvalue weighted by Crippen LogP contribution is -2.49. The number of hydrogen-bond donors (Lipinski definition) is 3. The van der Waals surface area contributed by atoms with Gasteiger partial charge in [-0.3, -0.25) is 0 Å². The summed E-state index contributed by atoms with van der Waals surface area (Å²) in [7, 11) is 0. The molecule has 3 N–H and O–H groups in total. The van der Waals surface area contributed by atoms with Crippen molar-refractivity contribution in [1.29, 1.82) is 0 Å². The zero-order valence-corrected chi connectivity index (χ0v) is 11.8. The second-order valence-electron chi connectivity index (χ2n) is 4.68. The molecule has 1 fully saturated rings. The minimum absolute atomic E-state index is 0. The zero-order chi connectivity index (χ0) is 12.6. The molecule has 1 heterocycles. The molecule has 0 saturated carbocycles. The molecule has 0 unspecified atom stereocenters. The van der Waals surface area contributed by atoms with Crippen LogP contribution in [0.2, 0.25) is 0 Å². The van der Waals surface area contributed by atoms with Crippen molar-refractivity contribution in [3.63, 3.8) is 0 Å². The minimum atomic E-state index is -0.0559. The molecule has 0 radical (unpaired) electrons. The van der Waals surface area contributed by atoms with Crippen molar-refractivity contribution in [2.24, 2.45) is 0 Å². The van der Waals surface area contributed by atoms with Crippen molar-refractivity contribution in [3.05, 3.63) is 35.9 Å². The van der Waals surface area contributed by atoms with E-state index in [2.05, 4.69) is 28.1 Å². The van der Waals surface area contributed by atoms with Crippen LogP contribution in [0.25, 0.3) is 0 Å². The summed E-state index contributed by atoms with van der Waals surface area (Å²) in [5.41, 5.74) is 1.25. The predicted molar refractivity (Wildman–Crippen MR) is 79.8 cm³/mol. The summed E-state index contributed by atoms with van der Waals surface area (Å²) < 4.78 is 0. The quantitative estimate of drug-likeness (QED) is 0.788. The highest BCUT2D eigenvalue weighted by atomic mass is 35.5. The molecule has 106 valence electrons. The van der Waals surface area contributed by atoms with Gasteiger partial charge in [0.1, 0.15) is 0 Å². The Balaban J connectivity index is 0.00000180. The van der Waals surface area contributed by atoms with Crippen LogP contribution < -0.4 is 16.0 Å². The summed E-state index contributed by atoms with van der Waals surface area (Å²) in [5.74, 6) is 0. The Morgan fingerprint density at radius 3 is 2.79 bits per heavy atom. The number of benzene rings is 1. The topological polar surface area (TPSA) is 53.2 Å². The zero-order valence-electron chi connectivity index (χ0n) is 11.0. The molecule has 19 heavy (non-hydrogen) atoms. The number of hydrogen-bond acceptors (Lipinski definition) is 2. The molecule has 5 heteroatoms. The van der Waals surface area contributed by atoms with Crippen LogP contribution in [0.5, 0.6) is 0 Å². The van der Waals surface area contributed by atoms with Gasteiger partial charge in [-0.1, -0.05) is 30.3 Å². The highest BCUT2D eigenvalue weighted by molar-refractivity contribution is 5.85. The van der Waals surface area contributed by atoms with E-state index >= 15 is 0 Å². The van der Waals surface area contributed by atoms with Crippen LogP contribution >= 0.6 is 12.4 Å². The number of nitrogens with one attached hydrogen (secondary N) is 3. The molecule has 0 aliphatic carbocycles. The maximum Gasteiger partial charge on any atom is 0.315 e. The summed E-state index contributed by atoms with van der Waals surface area (Å²) in [5, 5.41) is 9.17. The average Bonchev–Trinajstić information content (AvgIpc) is 2.41. The van der Waals surface area contributed by atoms with Crippen molar-refractivity contribution < 1.29 is 4.79 Å². The number of amides is 2. The van der Waals surface area contributed by atoms with Gasteiger partial charge < -0.3 is 16.0 Å². The van der Waals surface area contributed by atoms with E-state index in [0.29, 0.717) is 6.54 Å². The van der Waals surface area contributed by atoms with E-state index in [9.17, 15) is 4.79 Å². The van der Waals surface area contributed by atoms with Gasteiger partial charge in [0.15, 0.2) is 0 Å². The first-order valence-electron chi connectivity index (χ1n) is 6.63. The molecule has 1 aliphatic rings. The Morgan fingerprint density at radius 2 is 2.11 bits per heavy atom. The maximum atomic E-state index is 11.7. The Bertz CT molecular complexity index is 366. The van der Waals surface area contributed by atoms with Gasteiger partial charge in [-0.25, -0.2) is 4.79 Å². The molecule has 2 amide bonds. The van der Waals surface area contributed by atoms with E-state index in [1.165, 1.54) is 5.56 Å². The Morgan fingerprint density at radius 1 is 1.32 bits per heavy atom. The standard InChI is InChI=1S/C14H21N3O.ClH/c18-14(17-13-7-4-9-15-11-13)16-10-8-12-5-2-1-3-6-12;/h1-3,5-6,13,15H,4,7-11H2,(H2,16,17,18);1H/t13-;/m0./s1. The normalized spacial score (nSPS) is 18.2. The van der Waals surface area contributed by atoms with Crippen molar-refractivity contribution in [2.45, 2.75) is 25.3 Å². The van der Waals surface area contributed by atoms with E-state index in [0.717, 1.165) is 32.4 Å². The third-order valence-electron chi connectivity index (χ3n) is 3.17. The van der Waals surface area contributed by atoms with Crippen molar-refractivity contribution in [1.82, 2.24) is 16.0 Å². The Kier molecular flexibility index (Phi) is 7.30. The number of halogens is 1. The van der Waals surface area contributed by atoms with Gasteiger partial charge in [0.25, 0.3) is 0 Å². The summed E-state index contributed by atoms with van der Waals surface area (Å²) >= 11 is 0. The molecular formula is C14H22ClN3O. The number of carbonyl (C=O) groups is 1. The smallest absolute Gasteiger partial charge is 0.315 e. The second-order valence-corrected chi connectivity index (χ2v) is 4.68. The van der Waals surface area contributed by atoms with E-state index in [-0.39, 0.29) is 24.5 Å². The number of piperidine rings is 1. The first-order chi connectivity index (χ1) is 8.84. The lowest BCUT2D eigenvalue weighted by Gasteiger charge is -2.23. The summed E-state index contributed by atoms with van der Waals surface area (Å²) in [6.07, 6.45) is 3.07. The molecule has 0 bridgehead atoms. The molecule has 0 aromatic heterocycles. The fraction of sp³-hybridized carbons (Fsp3) is 0.500. The Hall–Kier alpha value is -1.26. The number of rotatable bonds is 4. The van der Waals surface area contributed by atoms with Crippen molar-refractivity contribution >= 4 is 18.4 Å².